The standard InChI is InChI=1S/C15H21N3O2S/c1-10(17-8-13(19)9-20-3)14-11(2)18-15(21-14)12-5-4-6-16-7-12/h4-7,10,13,17,19H,8-9H2,1-3H3. The smallest absolute Gasteiger partial charge is 0.125 e. The van der Waals surface area contributed by atoms with E-state index in [0.717, 1.165) is 16.3 Å². The van der Waals surface area contributed by atoms with Crippen molar-refractivity contribution in [2.75, 3.05) is 20.3 Å². The zero-order valence-corrected chi connectivity index (χ0v) is 13.4. The number of nitrogens with one attached hydrogen (secondary N) is 1. The van der Waals surface area contributed by atoms with Gasteiger partial charge >= 0.3 is 0 Å². The van der Waals surface area contributed by atoms with Crippen molar-refractivity contribution in [3.63, 3.8) is 0 Å². The minimum Gasteiger partial charge on any atom is -0.389 e. The van der Waals surface area contributed by atoms with E-state index in [1.807, 2.05) is 25.3 Å². The van der Waals surface area contributed by atoms with Gasteiger partial charge in [0.1, 0.15) is 5.01 Å². The summed E-state index contributed by atoms with van der Waals surface area (Å²) in [4.78, 5) is 9.92. The predicted octanol–water partition coefficient (Wildman–Crippen LogP) is 2.17. The maximum absolute atomic E-state index is 9.69. The summed E-state index contributed by atoms with van der Waals surface area (Å²) in [6.45, 7) is 4.92. The predicted molar refractivity (Wildman–Crippen MR) is 84.4 cm³/mol. The number of pyridine rings is 1. The lowest BCUT2D eigenvalue weighted by Gasteiger charge is -2.16. The number of hydrogen-bond acceptors (Lipinski definition) is 6. The topological polar surface area (TPSA) is 67.3 Å². The van der Waals surface area contributed by atoms with Crippen LogP contribution in [0, 0.1) is 6.92 Å². The average molecular weight is 307 g/mol. The number of aromatic nitrogens is 2. The number of aryl methyl sites for hydroxylation is 1. The number of hydrogen-bond donors (Lipinski definition) is 2. The van der Waals surface area contributed by atoms with Gasteiger partial charge in [-0.1, -0.05) is 0 Å². The third kappa shape index (κ3) is 4.31. The molecule has 0 amide bonds. The zero-order chi connectivity index (χ0) is 15.2. The summed E-state index contributed by atoms with van der Waals surface area (Å²) < 4.78 is 4.92. The lowest BCUT2D eigenvalue weighted by molar-refractivity contribution is 0.0631. The summed E-state index contributed by atoms with van der Waals surface area (Å²) in [5.41, 5.74) is 2.04. The molecule has 0 aliphatic rings. The Morgan fingerprint density at radius 2 is 2.29 bits per heavy atom. The maximum atomic E-state index is 9.69. The lowest BCUT2D eigenvalue weighted by atomic mass is 10.2. The van der Waals surface area contributed by atoms with Crippen molar-refractivity contribution in [2.45, 2.75) is 26.0 Å². The Hall–Kier alpha value is -1.34. The molecule has 2 heterocycles. The van der Waals surface area contributed by atoms with E-state index in [2.05, 4.69) is 22.2 Å². The molecule has 2 unspecified atom stereocenters. The van der Waals surface area contributed by atoms with E-state index in [1.54, 1.807) is 24.6 Å². The third-order valence-corrected chi connectivity index (χ3v) is 4.54. The SMILES string of the molecule is COCC(O)CNC(C)c1sc(-c2cccnc2)nc1C. The van der Waals surface area contributed by atoms with E-state index in [-0.39, 0.29) is 6.04 Å². The number of methoxy groups -OCH3 is 1. The van der Waals surface area contributed by atoms with Crippen LogP contribution in [0.2, 0.25) is 0 Å². The minimum absolute atomic E-state index is 0.138. The highest BCUT2D eigenvalue weighted by Crippen LogP contribution is 2.31. The second-order valence-electron chi connectivity index (χ2n) is 4.95. The average Bonchev–Trinajstić information content (AvgIpc) is 2.88. The summed E-state index contributed by atoms with van der Waals surface area (Å²) in [6.07, 6.45) is 3.08. The molecule has 2 aromatic heterocycles. The minimum atomic E-state index is -0.497. The zero-order valence-electron chi connectivity index (χ0n) is 12.5. The maximum Gasteiger partial charge on any atom is 0.125 e. The van der Waals surface area contributed by atoms with Gasteiger partial charge in [-0.3, -0.25) is 4.98 Å². The van der Waals surface area contributed by atoms with Crippen molar-refractivity contribution in [1.82, 2.24) is 15.3 Å². The molecule has 5 nitrogen and oxygen atoms in total. The largest absolute Gasteiger partial charge is 0.389 e. The number of ether oxygens (including phenoxy) is 1. The molecule has 0 radical (unpaired) electrons. The third-order valence-electron chi connectivity index (χ3n) is 3.15. The molecule has 114 valence electrons. The van der Waals surface area contributed by atoms with Crippen LogP contribution in [0.1, 0.15) is 23.5 Å². The molecule has 0 saturated carbocycles. The van der Waals surface area contributed by atoms with E-state index in [1.165, 1.54) is 4.88 Å². The van der Waals surface area contributed by atoms with Crippen LogP contribution in [0.15, 0.2) is 24.5 Å². The molecule has 0 spiro atoms. The first-order valence-electron chi connectivity index (χ1n) is 6.90. The van der Waals surface area contributed by atoms with Crippen LogP contribution in [-0.4, -0.2) is 41.4 Å². The normalized spacial score (nSPS) is 14.1. The molecular weight excluding hydrogens is 286 g/mol. The summed E-state index contributed by atoms with van der Waals surface area (Å²) >= 11 is 1.66. The van der Waals surface area contributed by atoms with Crippen molar-refractivity contribution < 1.29 is 9.84 Å². The van der Waals surface area contributed by atoms with Crippen molar-refractivity contribution >= 4 is 11.3 Å². The van der Waals surface area contributed by atoms with Crippen LogP contribution < -0.4 is 5.32 Å². The Balaban J connectivity index is 2.05. The number of aliphatic hydroxyl groups excluding tert-OH is 1. The Bertz CT molecular complexity index is 559. The fourth-order valence-electron chi connectivity index (χ4n) is 2.08. The van der Waals surface area contributed by atoms with Gasteiger partial charge in [0.05, 0.1) is 18.4 Å². The van der Waals surface area contributed by atoms with Crippen LogP contribution >= 0.6 is 11.3 Å². The molecule has 0 bridgehead atoms. The van der Waals surface area contributed by atoms with Crippen LogP contribution in [0.5, 0.6) is 0 Å². The molecule has 0 aromatic carbocycles. The highest BCUT2D eigenvalue weighted by Gasteiger charge is 2.16. The van der Waals surface area contributed by atoms with E-state index >= 15 is 0 Å². The fourth-order valence-corrected chi connectivity index (χ4v) is 3.16. The van der Waals surface area contributed by atoms with Crippen molar-refractivity contribution in [2.24, 2.45) is 0 Å². The lowest BCUT2D eigenvalue weighted by Crippen LogP contribution is -2.31. The molecule has 2 N–H and O–H groups in total. The molecule has 6 heteroatoms. The Kier molecular flexibility index (Phi) is 5.81. The number of thiazole rings is 1. The molecule has 2 atom stereocenters. The Labute approximate surface area is 129 Å². The molecular formula is C15H21N3O2S. The van der Waals surface area contributed by atoms with Crippen molar-refractivity contribution in [1.29, 1.82) is 0 Å². The first-order valence-corrected chi connectivity index (χ1v) is 7.71. The second-order valence-corrected chi connectivity index (χ2v) is 5.98. The summed E-state index contributed by atoms with van der Waals surface area (Å²) in [6, 6.07) is 4.06. The van der Waals surface area contributed by atoms with Gasteiger partial charge in [0.15, 0.2) is 0 Å². The fraction of sp³-hybridized carbons (Fsp3) is 0.467. The second kappa shape index (κ2) is 7.61. The van der Waals surface area contributed by atoms with E-state index in [9.17, 15) is 5.11 Å². The molecule has 2 rings (SSSR count). The Morgan fingerprint density at radius 1 is 1.48 bits per heavy atom. The molecule has 2 aromatic rings. The molecule has 0 aliphatic heterocycles. The van der Waals surface area contributed by atoms with E-state index in [0.29, 0.717) is 13.2 Å². The highest BCUT2D eigenvalue weighted by atomic mass is 32.1. The van der Waals surface area contributed by atoms with Gasteiger partial charge in [-0.15, -0.1) is 11.3 Å². The number of aliphatic hydroxyl groups is 1. The van der Waals surface area contributed by atoms with Gasteiger partial charge in [-0.05, 0) is 26.0 Å². The number of rotatable bonds is 7. The first kappa shape index (κ1) is 16.0. The summed E-state index contributed by atoms with van der Waals surface area (Å²) in [5.74, 6) is 0. The summed E-state index contributed by atoms with van der Waals surface area (Å²) in [5, 5.41) is 14.0. The highest BCUT2D eigenvalue weighted by molar-refractivity contribution is 7.15. The van der Waals surface area contributed by atoms with Gasteiger partial charge in [0.2, 0.25) is 0 Å². The number of nitrogens with zero attached hydrogens (tertiary/aromatic N) is 2. The molecule has 21 heavy (non-hydrogen) atoms. The molecule has 0 fully saturated rings. The van der Waals surface area contributed by atoms with E-state index < -0.39 is 6.10 Å². The van der Waals surface area contributed by atoms with Gasteiger partial charge in [0.25, 0.3) is 0 Å². The molecule has 0 aliphatic carbocycles. The van der Waals surface area contributed by atoms with Crippen LogP contribution in [0.4, 0.5) is 0 Å². The molecule has 0 saturated heterocycles. The van der Waals surface area contributed by atoms with Crippen LogP contribution in [0.25, 0.3) is 10.6 Å². The van der Waals surface area contributed by atoms with Gasteiger partial charge in [-0.2, -0.15) is 0 Å². The van der Waals surface area contributed by atoms with Gasteiger partial charge in [-0.25, -0.2) is 4.98 Å². The van der Waals surface area contributed by atoms with E-state index in [4.69, 9.17) is 4.74 Å². The van der Waals surface area contributed by atoms with Crippen molar-refractivity contribution in [3.05, 3.63) is 35.1 Å². The van der Waals surface area contributed by atoms with Gasteiger partial charge < -0.3 is 15.2 Å². The van der Waals surface area contributed by atoms with Crippen molar-refractivity contribution in [3.8, 4) is 10.6 Å². The van der Waals surface area contributed by atoms with Crippen LogP contribution in [-0.2, 0) is 4.74 Å². The Morgan fingerprint density at radius 3 is 2.95 bits per heavy atom. The van der Waals surface area contributed by atoms with Crippen LogP contribution in [0.3, 0.4) is 0 Å². The van der Waals surface area contributed by atoms with Gasteiger partial charge in [0, 0.05) is 42.5 Å². The summed E-state index contributed by atoms with van der Waals surface area (Å²) in [7, 11) is 1.58. The first-order chi connectivity index (χ1) is 10.1. The quantitative estimate of drug-likeness (QED) is 0.820. The monoisotopic (exact) mass is 307 g/mol.